The van der Waals surface area contributed by atoms with Gasteiger partial charge in [0.1, 0.15) is 31.0 Å². The lowest BCUT2D eigenvalue weighted by molar-refractivity contribution is -0.154. The molecule has 0 bridgehead atoms. The van der Waals surface area contributed by atoms with Gasteiger partial charge in [-0.15, -0.1) is 23.5 Å². The minimum atomic E-state index is -1.56. The van der Waals surface area contributed by atoms with Crippen molar-refractivity contribution in [3.05, 3.63) is 0 Å². The van der Waals surface area contributed by atoms with Gasteiger partial charge in [0.25, 0.3) is 0 Å². The zero-order valence-corrected chi connectivity index (χ0v) is 18.6. The molecule has 0 saturated carbocycles. The number of esters is 1. The van der Waals surface area contributed by atoms with Gasteiger partial charge in [-0.3, -0.25) is 4.79 Å². The van der Waals surface area contributed by atoms with Crippen molar-refractivity contribution in [2.75, 3.05) is 18.1 Å². The van der Waals surface area contributed by atoms with Crippen LogP contribution in [0.5, 0.6) is 0 Å². The average Bonchev–Trinajstić information content (AvgIpc) is 3.23. The van der Waals surface area contributed by atoms with Crippen LogP contribution in [0, 0.1) is 0 Å². The molecular formula is C20H38O6S2. The van der Waals surface area contributed by atoms with E-state index >= 15 is 0 Å². The second-order valence-corrected chi connectivity index (χ2v) is 10.2. The predicted octanol–water partition coefficient (Wildman–Crippen LogP) is 2.70. The van der Waals surface area contributed by atoms with E-state index in [2.05, 4.69) is 6.92 Å². The third-order valence-corrected chi connectivity index (χ3v) is 8.09. The Kier molecular flexibility index (Phi) is 14.7. The SMILES string of the molecule is CCCCCCCCCCCC(=O)OC[C@@H](O)[C@@H](O)[C@H](O)[C@@H](O)C1SCCS1. The van der Waals surface area contributed by atoms with Crippen molar-refractivity contribution in [2.24, 2.45) is 0 Å². The van der Waals surface area contributed by atoms with Gasteiger partial charge in [0.2, 0.25) is 0 Å². The number of hydrogen-bond donors (Lipinski definition) is 4. The number of unbranched alkanes of at least 4 members (excludes halogenated alkanes) is 8. The first-order valence-corrected chi connectivity index (χ1v) is 12.7. The Morgan fingerprint density at radius 2 is 1.43 bits per heavy atom. The second-order valence-electron chi connectivity index (χ2n) is 7.41. The molecule has 1 saturated heterocycles. The summed E-state index contributed by atoms with van der Waals surface area (Å²) in [6.45, 7) is 1.82. The number of aliphatic hydroxyl groups is 4. The Hall–Kier alpha value is 0.01000. The molecule has 0 unspecified atom stereocenters. The summed E-state index contributed by atoms with van der Waals surface area (Å²) in [6.07, 6.45) is 5.14. The van der Waals surface area contributed by atoms with E-state index in [9.17, 15) is 25.2 Å². The number of thioether (sulfide) groups is 2. The van der Waals surface area contributed by atoms with Crippen molar-refractivity contribution < 1.29 is 30.0 Å². The van der Waals surface area contributed by atoms with E-state index in [0.29, 0.717) is 6.42 Å². The molecule has 1 fully saturated rings. The normalized spacial score (nSPS) is 19.3. The summed E-state index contributed by atoms with van der Waals surface area (Å²) in [5, 5.41) is 40.1. The van der Waals surface area contributed by atoms with Crippen LogP contribution < -0.4 is 0 Å². The summed E-state index contributed by atoms with van der Waals surface area (Å²) in [4.78, 5) is 11.8. The van der Waals surface area contributed by atoms with Gasteiger partial charge in [-0.1, -0.05) is 58.3 Å². The Morgan fingerprint density at radius 1 is 0.893 bits per heavy atom. The lowest BCUT2D eigenvalue weighted by Gasteiger charge is -2.28. The van der Waals surface area contributed by atoms with Crippen molar-refractivity contribution in [3.63, 3.8) is 0 Å². The molecule has 0 aliphatic carbocycles. The summed E-state index contributed by atoms with van der Waals surface area (Å²) < 4.78 is 4.78. The van der Waals surface area contributed by atoms with Gasteiger partial charge < -0.3 is 25.2 Å². The molecule has 6 nitrogen and oxygen atoms in total. The molecule has 4 N–H and O–H groups in total. The van der Waals surface area contributed by atoms with Crippen molar-refractivity contribution >= 4 is 29.5 Å². The molecule has 1 rings (SSSR count). The molecule has 1 aliphatic rings. The predicted molar refractivity (Wildman–Crippen MR) is 116 cm³/mol. The molecule has 0 spiro atoms. The molecule has 0 amide bonds. The molecule has 0 aromatic carbocycles. The monoisotopic (exact) mass is 438 g/mol. The molecule has 4 atom stereocenters. The second kappa shape index (κ2) is 15.8. The fourth-order valence-electron chi connectivity index (χ4n) is 3.09. The van der Waals surface area contributed by atoms with Gasteiger partial charge in [0.15, 0.2) is 0 Å². The Bertz CT molecular complexity index is 406. The standard InChI is InChI=1S/C20H38O6S2/c1-2-3-4-5-6-7-8-9-10-11-16(22)26-14-15(21)17(23)18(24)19(25)20-27-12-13-28-20/h15,17-21,23-25H,2-14H2,1H3/t15-,17-,18+,19-/m1/s1. The highest BCUT2D eigenvalue weighted by atomic mass is 32.2. The summed E-state index contributed by atoms with van der Waals surface area (Å²) in [6, 6.07) is 0. The smallest absolute Gasteiger partial charge is 0.305 e. The van der Waals surface area contributed by atoms with Crippen LogP contribution >= 0.6 is 23.5 Å². The van der Waals surface area contributed by atoms with Crippen LogP contribution in [0.25, 0.3) is 0 Å². The van der Waals surface area contributed by atoms with Crippen molar-refractivity contribution in [2.45, 2.75) is 100 Å². The molecule has 28 heavy (non-hydrogen) atoms. The summed E-state index contributed by atoms with van der Waals surface area (Å²) >= 11 is 3.04. The number of ether oxygens (including phenoxy) is 1. The molecule has 1 aliphatic heterocycles. The Balaban J connectivity index is 2.08. The summed E-state index contributed by atoms with van der Waals surface area (Å²) in [7, 11) is 0. The third kappa shape index (κ3) is 10.7. The van der Waals surface area contributed by atoms with Crippen LogP contribution in [0.15, 0.2) is 0 Å². The number of rotatable bonds is 16. The fourth-order valence-corrected chi connectivity index (χ4v) is 6.01. The van der Waals surface area contributed by atoms with Gasteiger partial charge in [0.05, 0.1) is 4.58 Å². The van der Waals surface area contributed by atoms with Crippen LogP contribution in [0.4, 0.5) is 0 Å². The van der Waals surface area contributed by atoms with Gasteiger partial charge in [0, 0.05) is 17.9 Å². The van der Waals surface area contributed by atoms with Gasteiger partial charge in [-0.25, -0.2) is 0 Å². The maximum absolute atomic E-state index is 11.8. The summed E-state index contributed by atoms with van der Waals surface area (Å²) in [5.74, 6) is 1.36. The molecule has 0 radical (unpaired) electrons. The highest BCUT2D eigenvalue weighted by Crippen LogP contribution is 2.35. The summed E-state index contributed by atoms with van der Waals surface area (Å²) in [5.41, 5.74) is 0. The first-order chi connectivity index (χ1) is 13.5. The van der Waals surface area contributed by atoms with Crippen LogP contribution in [0.1, 0.15) is 71.1 Å². The largest absolute Gasteiger partial charge is 0.463 e. The number of carbonyl (C=O) groups excluding carboxylic acids is 1. The molecule has 8 heteroatoms. The first kappa shape index (κ1) is 26.0. The number of hydrogen-bond acceptors (Lipinski definition) is 8. The van der Waals surface area contributed by atoms with E-state index in [1.165, 1.54) is 62.0 Å². The Morgan fingerprint density at radius 3 is 2.00 bits per heavy atom. The lowest BCUT2D eigenvalue weighted by atomic mass is 10.0. The minimum Gasteiger partial charge on any atom is -0.463 e. The van der Waals surface area contributed by atoms with Crippen LogP contribution in [0.3, 0.4) is 0 Å². The van der Waals surface area contributed by atoms with Gasteiger partial charge >= 0.3 is 5.97 Å². The third-order valence-electron chi connectivity index (χ3n) is 4.92. The first-order valence-electron chi connectivity index (χ1n) is 10.6. The topological polar surface area (TPSA) is 107 Å². The van der Waals surface area contributed by atoms with E-state index in [-0.39, 0.29) is 11.2 Å². The minimum absolute atomic E-state index is 0.217. The van der Waals surface area contributed by atoms with E-state index in [0.717, 1.165) is 30.8 Å². The molecule has 1 heterocycles. The van der Waals surface area contributed by atoms with Crippen molar-refractivity contribution in [3.8, 4) is 0 Å². The van der Waals surface area contributed by atoms with Crippen LogP contribution in [0.2, 0.25) is 0 Å². The average molecular weight is 439 g/mol. The molecule has 0 aromatic heterocycles. The highest BCUT2D eigenvalue weighted by Gasteiger charge is 2.37. The molecular weight excluding hydrogens is 400 g/mol. The van der Waals surface area contributed by atoms with E-state index in [1.54, 1.807) is 0 Å². The van der Waals surface area contributed by atoms with Crippen LogP contribution in [-0.2, 0) is 9.53 Å². The van der Waals surface area contributed by atoms with Gasteiger partial charge in [-0.2, -0.15) is 0 Å². The highest BCUT2D eigenvalue weighted by molar-refractivity contribution is 8.20. The lowest BCUT2D eigenvalue weighted by Crippen LogP contribution is -2.48. The zero-order valence-electron chi connectivity index (χ0n) is 17.0. The Labute approximate surface area is 177 Å². The van der Waals surface area contributed by atoms with Crippen molar-refractivity contribution in [1.82, 2.24) is 0 Å². The van der Waals surface area contributed by atoms with E-state index in [4.69, 9.17) is 4.74 Å². The van der Waals surface area contributed by atoms with Gasteiger partial charge in [-0.05, 0) is 6.42 Å². The number of carbonyl (C=O) groups is 1. The maximum Gasteiger partial charge on any atom is 0.305 e. The maximum atomic E-state index is 11.8. The zero-order chi connectivity index (χ0) is 20.8. The quantitative estimate of drug-likeness (QED) is 0.215. The molecule has 166 valence electrons. The van der Waals surface area contributed by atoms with Crippen LogP contribution in [-0.4, -0.2) is 73.5 Å². The molecule has 0 aromatic rings. The van der Waals surface area contributed by atoms with E-state index in [1.807, 2.05) is 0 Å². The number of aliphatic hydroxyl groups excluding tert-OH is 4. The van der Waals surface area contributed by atoms with E-state index < -0.39 is 30.4 Å². The van der Waals surface area contributed by atoms with Crippen molar-refractivity contribution in [1.29, 1.82) is 0 Å². The fraction of sp³-hybridized carbons (Fsp3) is 0.950.